The molecule has 0 spiro atoms. The van der Waals surface area contributed by atoms with Crippen molar-refractivity contribution in [2.75, 3.05) is 20.8 Å². The largest absolute Gasteiger partial charge is 0.497 e. The smallest absolute Gasteiger partial charge is 0.165 e. The van der Waals surface area contributed by atoms with Crippen molar-refractivity contribution in [2.45, 2.75) is 31.8 Å². The Bertz CT molecular complexity index is 414. The molecule has 0 aromatic heterocycles. The molecule has 1 unspecified atom stereocenters. The zero-order chi connectivity index (χ0) is 13.7. The molecule has 0 N–H and O–H groups in total. The first-order chi connectivity index (χ1) is 9.22. The van der Waals surface area contributed by atoms with Gasteiger partial charge in [-0.05, 0) is 31.4 Å². The van der Waals surface area contributed by atoms with Crippen LogP contribution in [-0.2, 0) is 4.74 Å². The molecule has 0 saturated carbocycles. The van der Waals surface area contributed by atoms with Gasteiger partial charge < -0.3 is 14.2 Å². The first kappa shape index (κ1) is 13.9. The minimum absolute atomic E-state index is 0.0541. The third-order valence-electron chi connectivity index (χ3n) is 3.36. The van der Waals surface area contributed by atoms with E-state index in [0.29, 0.717) is 23.5 Å². The molecule has 1 heterocycles. The predicted molar refractivity (Wildman–Crippen MR) is 72.1 cm³/mol. The molecule has 4 heteroatoms. The molecule has 2 rings (SSSR count). The lowest BCUT2D eigenvalue weighted by Crippen LogP contribution is -2.22. The Morgan fingerprint density at radius 3 is 2.42 bits per heavy atom. The highest BCUT2D eigenvalue weighted by atomic mass is 16.5. The van der Waals surface area contributed by atoms with Gasteiger partial charge in [0.25, 0.3) is 0 Å². The van der Waals surface area contributed by atoms with E-state index in [1.165, 1.54) is 0 Å². The molecule has 1 aromatic rings. The first-order valence-electron chi connectivity index (χ1n) is 6.61. The van der Waals surface area contributed by atoms with Gasteiger partial charge in [0.05, 0.1) is 20.3 Å². The SMILES string of the molecule is COc1cc(OC)cc(C(=O)CC2CCCCO2)c1. The molecule has 4 nitrogen and oxygen atoms in total. The summed E-state index contributed by atoms with van der Waals surface area (Å²) < 4.78 is 15.9. The summed E-state index contributed by atoms with van der Waals surface area (Å²) in [4.78, 5) is 12.3. The second kappa shape index (κ2) is 6.57. The summed E-state index contributed by atoms with van der Waals surface area (Å²) in [6.45, 7) is 0.763. The first-order valence-corrected chi connectivity index (χ1v) is 6.61. The van der Waals surface area contributed by atoms with Gasteiger partial charge in [-0.25, -0.2) is 0 Å². The van der Waals surface area contributed by atoms with Crippen LogP contribution < -0.4 is 9.47 Å². The number of rotatable bonds is 5. The molecule has 1 fully saturated rings. The highest BCUT2D eigenvalue weighted by molar-refractivity contribution is 5.97. The molecule has 0 radical (unpaired) electrons. The lowest BCUT2D eigenvalue weighted by atomic mass is 10.00. The number of Topliss-reactive ketones (excluding diaryl/α,β-unsaturated/α-hetero) is 1. The number of carbonyl (C=O) groups is 1. The Morgan fingerprint density at radius 1 is 1.21 bits per heavy atom. The van der Waals surface area contributed by atoms with Crippen molar-refractivity contribution in [1.29, 1.82) is 0 Å². The molecule has 1 aromatic carbocycles. The standard InChI is InChI=1S/C15H20O4/c1-17-13-7-11(8-14(9-13)18-2)15(16)10-12-5-3-4-6-19-12/h7-9,12H,3-6,10H2,1-2H3. The zero-order valence-corrected chi connectivity index (χ0v) is 11.5. The molecule has 1 aliphatic rings. The topological polar surface area (TPSA) is 44.8 Å². The van der Waals surface area contributed by atoms with E-state index in [0.717, 1.165) is 25.9 Å². The van der Waals surface area contributed by atoms with Crippen LogP contribution in [0.4, 0.5) is 0 Å². The van der Waals surface area contributed by atoms with E-state index in [2.05, 4.69) is 0 Å². The molecule has 1 aliphatic heterocycles. The minimum atomic E-state index is 0.0541. The maximum absolute atomic E-state index is 12.3. The third-order valence-corrected chi connectivity index (χ3v) is 3.36. The second-order valence-electron chi connectivity index (χ2n) is 4.72. The molecular formula is C15H20O4. The van der Waals surface area contributed by atoms with Crippen LogP contribution in [0.1, 0.15) is 36.0 Å². The summed E-state index contributed by atoms with van der Waals surface area (Å²) in [5.74, 6) is 1.34. The Labute approximate surface area is 113 Å². The number of carbonyl (C=O) groups excluding carboxylic acids is 1. The molecular weight excluding hydrogens is 244 g/mol. The van der Waals surface area contributed by atoms with Gasteiger partial charge >= 0.3 is 0 Å². The highest BCUT2D eigenvalue weighted by Crippen LogP contribution is 2.25. The van der Waals surface area contributed by atoms with E-state index in [9.17, 15) is 4.79 Å². The number of ether oxygens (including phenoxy) is 3. The van der Waals surface area contributed by atoms with E-state index in [-0.39, 0.29) is 11.9 Å². The fourth-order valence-electron chi connectivity index (χ4n) is 2.26. The van der Waals surface area contributed by atoms with Crippen molar-refractivity contribution < 1.29 is 19.0 Å². The second-order valence-corrected chi connectivity index (χ2v) is 4.72. The van der Waals surface area contributed by atoms with Gasteiger partial charge in [0.15, 0.2) is 5.78 Å². The van der Waals surface area contributed by atoms with Crippen LogP contribution in [0.25, 0.3) is 0 Å². The van der Waals surface area contributed by atoms with Crippen LogP contribution in [0.3, 0.4) is 0 Å². The zero-order valence-electron chi connectivity index (χ0n) is 11.5. The van der Waals surface area contributed by atoms with Crippen molar-refractivity contribution in [3.05, 3.63) is 23.8 Å². The van der Waals surface area contributed by atoms with Gasteiger partial charge in [-0.1, -0.05) is 0 Å². The van der Waals surface area contributed by atoms with Gasteiger partial charge in [0.1, 0.15) is 11.5 Å². The number of ketones is 1. The summed E-state index contributed by atoms with van der Waals surface area (Å²) in [6.07, 6.45) is 3.68. The van der Waals surface area contributed by atoms with Gasteiger partial charge in [-0.3, -0.25) is 4.79 Å². The van der Waals surface area contributed by atoms with Crippen LogP contribution in [0.5, 0.6) is 11.5 Å². The Morgan fingerprint density at radius 2 is 1.89 bits per heavy atom. The highest BCUT2D eigenvalue weighted by Gasteiger charge is 2.19. The third kappa shape index (κ3) is 3.70. The predicted octanol–water partition coefficient (Wildman–Crippen LogP) is 2.85. The quantitative estimate of drug-likeness (QED) is 0.767. The fraction of sp³-hybridized carbons (Fsp3) is 0.533. The van der Waals surface area contributed by atoms with Gasteiger partial charge in [-0.15, -0.1) is 0 Å². The monoisotopic (exact) mass is 264 g/mol. The van der Waals surface area contributed by atoms with Crippen LogP contribution in [-0.4, -0.2) is 32.7 Å². The van der Waals surface area contributed by atoms with Crippen molar-refractivity contribution >= 4 is 5.78 Å². The molecule has 0 amide bonds. The van der Waals surface area contributed by atoms with Crippen molar-refractivity contribution in [1.82, 2.24) is 0 Å². The van der Waals surface area contributed by atoms with Crippen LogP contribution in [0, 0.1) is 0 Å². The van der Waals surface area contributed by atoms with Gasteiger partial charge in [-0.2, -0.15) is 0 Å². The average molecular weight is 264 g/mol. The lowest BCUT2D eigenvalue weighted by molar-refractivity contribution is 0.0129. The van der Waals surface area contributed by atoms with E-state index < -0.39 is 0 Å². The normalized spacial score (nSPS) is 18.9. The van der Waals surface area contributed by atoms with E-state index in [1.54, 1.807) is 32.4 Å². The van der Waals surface area contributed by atoms with Gasteiger partial charge in [0.2, 0.25) is 0 Å². The van der Waals surface area contributed by atoms with Crippen LogP contribution >= 0.6 is 0 Å². The lowest BCUT2D eigenvalue weighted by Gasteiger charge is -2.21. The number of hydrogen-bond donors (Lipinski definition) is 0. The molecule has 1 saturated heterocycles. The Kier molecular flexibility index (Phi) is 4.80. The molecule has 1 atom stereocenters. The van der Waals surface area contributed by atoms with E-state index >= 15 is 0 Å². The Hall–Kier alpha value is -1.55. The van der Waals surface area contributed by atoms with Crippen molar-refractivity contribution in [3.63, 3.8) is 0 Å². The molecule has 0 bridgehead atoms. The summed E-state index contributed by atoms with van der Waals surface area (Å²) in [7, 11) is 3.15. The number of hydrogen-bond acceptors (Lipinski definition) is 4. The van der Waals surface area contributed by atoms with Crippen molar-refractivity contribution in [2.24, 2.45) is 0 Å². The van der Waals surface area contributed by atoms with E-state index in [4.69, 9.17) is 14.2 Å². The van der Waals surface area contributed by atoms with E-state index in [1.807, 2.05) is 0 Å². The Balaban J connectivity index is 2.08. The maximum atomic E-state index is 12.3. The molecule has 19 heavy (non-hydrogen) atoms. The van der Waals surface area contributed by atoms with Crippen LogP contribution in [0.2, 0.25) is 0 Å². The summed E-state index contributed by atoms with van der Waals surface area (Å²) in [5, 5.41) is 0. The maximum Gasteiger partial charge on any atom is 0.165 e. The van der Waals surface area contributed by atoms with Crippen molar-refractivity contribution in [3.8, 4) is 11.5 Å². The summed E-state index contributed by atoms with van der Waals surface area (Å²) in [5.41, 5.74) is 0.616. The average Bonchev–Trinajstić information content (AvgIpc) is 2.47. The minimum Gasteiger partial charge on any atom is -0.497 e. The summed E-state index contributed by atoms with van der Waals surface area (Å²) in [6, 6.07) is 5.25. The fourth-order valence-corrected chi connectivity index (χ4v) is 2.26. The number of benzene rings is 1. The summed E-state index contributed by atoms with van der Waals surface area (Å²) >= 11 is 0. The molecule has 0 aliphatic carbocycles. The number of methoxy groups -OCH3 is 2. The van der Waals surface area contributed by atoms with Gasteiger partial charge in [0, 0.05) is 24.7 Å². The van der Waals surface area contributed by atoms with Crippen LogP contribution in [0.15, 0.2) is 18.2 Å². The molecule has 104 valence electrons.